The number of amidine groups is 2. The molecular weight excluding hydrogens is 502 g/mol. The summed E-state index contributed by atoms with van der Waals surface area (Å²) in [6.45, 7) is 9.83. The Labute approximate surface area is 203 Å². The molecule has 34 heavy (non-hydrogen) atoms. The number of hydrogen-bond acceptors (Lipinski definition) is 9. The van der Waals surface area contributed by atoms with Crippen LogP contribution in [-0.2, 0) is 20.2 Å². The minimum Gasteiger partial charge on any atom is -0.504 e. The van der Waals surface area contributed by atoms with Gasteiger partial charge in [0.15, 0.2) is 21.6 Å². The van der Waals surface area contributed by atoms with E-state index in [9.17, 15) is 21.9 Å². The van der Waals surface area contributed by atoms with Gasteiger partial charge in [-0.25, -0.2) is 13.1 Å². The SMILES string of the molecule is CC[C@@H](N=C1NS(=O)(=O)N=C1Nc1csc(S(=O)(=O)N(CC)CC)c1O)c1cc(C(C)C)co1. The molecule has 11 nitrogen and oxygen atoms in total. The summed E-state index contributed by atoms with van der Waals surface area (Å²) in [7, 11) is -7.95. The molecule has 0 fully saturated rings. The largest absolute Gasteiger partial charge is 0.504 e. The van der Waals surface area contributed by atoms with Gasteiger partial charge in [0.25, 0.3) is 10.0 Å². The molecule has 0 aromatic carbocycles. The Hall–Kier alpha value is -2.42. The number of nitrogens with one attached hydrogen (secondary N) is 2. The topological polar surface area (TPSA) is 154 Å². The molecule has 3 heterocycles. The molecule has 0 unspecified atom stereocenters. The molecule has 3 N–H and O–H groups in total. The molecule has 2 aromatic heterocycles. The molecule has 1 atom stereocenters. The number of hydrogen-bond donors (Lipinski definition) is 3. The molecule has 0 amide bonds. The summed E-state index contributed by atoms with van der Waals surface area (Å²) in [5.41, 5.74) is 1.01. The van der Waals surface area contributed by atoms with Crippen molar-refractivity contribution in [2.45, 2.75) is 57.2 Å². The van der Waals surface area contributed by atoms with Gasteiger partial charge in [0.1, 0.15) is 11.8 Å². The smallest absolute Gasteiger partial charge is 0.345 e. The van der Waals surface area contributed by atoms with E-state index in [-0.39, 0.29) is 40.6 Å². The van der Waals surface area contributed by atoms with Crippen molar-refractivity contribution < 1.29 is 26.4 Å². The van der Waals surface area contributed by atoms with Crippen molar-refractivity contribution in [3.8, 4) is 5.75 Å². The quantitative estimate of drug-likeness (QED) is 0.448. The second-order valence-electron chi connectivity index (χ2n) is 7.86. The lowest BCUT2D eigenvalue weighted by atomic mass is 10.1. The maximum atomic E-state index is 12.8. The van der Waals surface area contributed by atoms with Gasteiger partial charge in [0, 0.05) is 18.5 Å². The molecule has 0 spiro atoms. The van der Waals surface area contributed by atoms with Gasteiger partial charge in [-0.2, -0.15) is 12.7 Å². The first-order valence-corrected chi connectivity index (χ1v) is 14.6. The van der Waals surface area contributed by atoms with Crippen molar-refractivity contribution in [3.63, 3.8) is 0 Å². The van der Waals surface area contributed by atoms with Gasteiger partial charge in [-0.05, 0) is 24.0 Å². The molecule has 0 saturated heterocycles. The zero-order valence-corrected chi connectivity index (χ0v) is 22.0. The lowest BCUT2D eigenvalue weighted by Crippen LogP contribution is -2.31. The fourth-order valence-corrected chi connectivity index (χ4v) is 6.94. The summed E-state index contributed by atoms with van der Waals surface area (Å²) in [6.07, 6.45) is 2.18. The number of furan rings is 1. The number of rotatable bonds is 9. The fourth-order valence-electron chi connectivity index (χ4n) is 3.30. The summed E-state index contributed by atoms with van der Waals surface area (Å²) in [5, 5.41) is 14.7. The zero-order valence-electron chi connectivity index (χ0n) is 19.6. The minimum atomic E-state index is -4.06. The van der Waals surface area contributed by atoms with E-state index in [1.165, 1.54) is 9.69 Å². The summed E-state index contributed by atoms with van der Waals surface area (Å²) in [4.78, 5) is 4.48. The van der Waals surface area contributed by atoms with Crippen LogP contribution in [0.1, 0.15) is 64.3 Å². The Balaban J connectivity index is 1.93. The highest BCUT2D eigenvalue weighted by Crippen LogP contribution is 2.39. The molecule has 0 radical (unpaired) electrons. The summed E-state index contributed by atoms with van der Waals surface area (Å²) >= 11 is 0.826. The lowest BCUT2D eigenvalue weighted by molar-refractivity contribution is 0.434. The van der Waals surface area contributed by atoms with Gasteiger partial charge in [0.05, 0.1) is 12.0 Å². The standard InChI is InChI=1S/C20H29N5O6S3/c1-6-14(16-9-13(10-31-16)12(4)5)21-18-19(24-34(29,30)23-18)22-15-11-32-20(17(15)26)33(27,28)25(7-2)8-3/h9-12,14,26H,6-8H2,1-5H3,(H,21,23)(H,22,24)/t14-/m1/s1. The van der Waals surface area contributed by atoms with E-state index in [1.807, 2.05) is 26.8 Å². The zero-order chi connectivity index (χ0) is 25.3. The van der Waals surface area contributed by atoms with Gasteiger partial charge < -0.3 is 14.8 Å². The van der Waals surface area contributed by atoms with Crippen LogP contribution in [0.15, 0.2) is 35.7 Å². The average molecular weight is 532 g/mol. The maximum absolute atomic E-state index is 12.8. The summed E-state index contributed by atoms with van der Waals surface area (Å²) in [6, 6.07) is 1.40. The molecule has 2 aromatic rings. The molecule has 188 valence electrons. The van der Waals surface area contributed by atoms with Crippen molar-refractivity contribution in [2.24, 2.45) is 9.39 Å². The van der Waals surface area contributed by atoms with E-state index >= 15 is 0 Å². The Morgan fingerprint density at radius 2 is 1.97 bits per heavy atom. The van der Waals surface area contributed by atoms with Gasteiger partial charge in [0.2, 0.25) is 0 Å². The third-order valence-corrected chi connectivity index (χ3v) is 9.65. The van der Waals surface area contributed by atoms with Crippen LogP contribution >= 0.6 is 11.3 Å². The lowest BCUT2D eigenvalue weighted by Gasteiger charge is -2.17. The Morgan fingerprint density at radius 1 is 1.29 bits per heavy atom. The Morgan fingerprint density at radius 3 is 2.53 bits per heavy atom. The van der Waals surface area contributed by atoms with Crippen molar-refractivity contribution in [3.05, 3.63) is 29.0 Å². The predicted molar refractivity (Wildman–Crippen MR) is 132 cm³/mol. The predicted octanol–water partition coefficient (Wildman–Crippen LogP) is 3.41. The third-order valence-electron chi connectivity index (χ3n) is 5.23. The van der Waals surface area contributed by atoms with Crippen LogP contribution in [0, 0.1) is 0 Å². The van der Waals surface area contributed by atoms with Crippen LogP contribution in [0.3, 0.4) is 0 Å². The van der Waals surface area contributed by atoms with Crippen LogP contribution in [0.2, 0.25) is 0 Å². The summed E-state index contributed by atoms with van der Waals surface area (Å²) < 4.78 is 62.4. The maximum Gasteiger partial charge on any atom is 0.345 e. The van der Waals surface area contributed by atoms with E-state index in [1.54, 1.807) is 20.1 Å². The van der Waals surface area contributed by atoms with Crippen molar-refractivity contribution in [1.82, 2.24) is 9.03 Å². The van der Waals surface area contributed by atoms with Crippen LogP contribution in [0.5, 0.6) is 5.75 Å². The first-order chi connectivity index (χ1) is 15.9. The normalized spacial score (nSPS) is 17.9. The van der Waals surface area contributed by atoms with Gasteiger partial charge >= 0.3 is 10.2 Å². The van der Waals surface area contributed by atoms with Gasteiger partial charge in [-0.15, -0.1) is 15.7 Å². The molecule has 0 aliphatic carbocycles. The molecule has 14 heteroatoms. The average Bonchev–Trinajstić information content (AvgIpc) is 3.45. The molecule has 0 saturated carbocycles. The number of aliphatic imine (C=N–C) groups is 1. The second kappa shape index (κ2) is 10.1. The molecular formula is C20H29N5O6S3. The van der Waals surface area contributed by atoms with Crippen LogP contribution in [-0.4, -0.2) is 51.0 Å². The van der Waals surface area contributed by atoms with Crippen molar-refractivity contribution in [1.29, 1.82) is 0 Å². The van der Waals surface area contributed by atoms with E-state index in [0.29, 0.717) is 12.2 Å². The van der Waals surface area contributed by atoms with Crippen molar-refractivity contribution >= 4 is 48.9 Å². The number of aromatic hydroxyl groups is 1. The molecule has 3 rings (SSSR count). The molecule has 1 aliphatic rings. The Bertz CT molecular complexity index is 1300. The Kier molecular flexibility index (Phi) is 7.75. The van der Waals surface area contributed by atoms with E-state index in [0.717, 1.165) is 16.9 Å². The highest BCUT2D eigenvalue weighted by atomic mass is 32.2. The minimum absolute atomic E-state index is 0.00854. The van der Waals surface area contributed by atoms with E-state index < -0.39 is 32.0 Å². The number of anilines is 1. The molecule has 0 bridgehead atoms. The highest BCUT2D eigenvalue weighted by molar-refractivity contribution is 7.91. The second-order valence-corrected chi connectivity index (χ2v) is 12.2. The highest BCUT2D eigenvalue weighted by Gasteiger charge is 2.32. The number of thiophene rings is 1. The first kappa shape index (κ1) is 26.2. The number of nitrogens with zero attached hydrogens (tertiary/aromatic N) is 3. The monoisotopic (exact) mass is 531 g/mol. The van der Waals surface area contributed by atoms with Crippen LogP contribution in [0.25, 0.3) is 0 Å². The van der Waals surface area contributed by atoms with E-state index in [4.69, 9.17) is 4.42 Å². The van der Waals surface area contributed by atoms with E-state index in [2.05, 4.69) is 19.4 Å². The third kappa shape index (κ3) is 5.29. The van der Waals surface area contributed by atoms with Crippen LogP contribution < -0.4 is 10.0 Å². The summed E-state index contributed by atoms with van der Waals surface area (Å²) in [5.74, 6) is 0.106. The van der Waals surface area contributed by atoms with Crippen LogP contribution in [0.4, 0.5) is 5.69 Å². The van der Waals surface area contributed by atoms with Crippen molar-refractivity contribution in [2.75, 3.05) is 18.4 Å². The van der Waals surface area contributed by atoms with Gasteiger partial charge in [-0.3, -0.25) is 4.99 Å². The fraction of sp³-hybridized carbons (Fsp3) is 0.500. The number of sulfonamides is 1. The van der Waals surface area contributed by atoms with Gasteiger partial charge in [-0.1, -0.05) is 34.6 Å². The first-order valence-electron chi connectivity index (χ1n) is 10.8. The molecule has 1 aliphatic heterocycles.